The van der Waals surface area contributed by atoms with Crippen LogP contribution in [0.5, 0.6) is 0 Å². The monoisotopic (exact) mass is 233 g/mol. The molecule has 0 aliphatic rings. The lowest BCUT2D eigenvalue weighted by Crippen LogP contribution is -2.34. The highest BCUT2D eigenvalue weighted by atomic mass is 32.2. The van der Waals surface area contributed by atoms with Crippen molar-refractivity contribution in [3.8, 4) is 0 Å². The smallest absolute Gasteiger partial charge is 0.288 e. The zero-order valence-electron chi connectivity index (χ0n) is 8.02. The predicted molar refractivity (Wildman–Crippen MR) is 51.6 cm³/mol. The normalized spacial score (nSPS) is 11.3. The van der Waals surface area contributed by atoms with Crippen molar-refractivity contribution in [1.29, 1.82) is 0 Å². The van der Waals surface area contributed by atoms with Crippen LogP contribution in [0, 0.1) is 0 Å². The number of aromatic nitrogens is 3. The Kier molecular flexibility index (Phi) is 3.74. The van der Waals surface area contributed by atoms with E-state index in [9.17, 15) is 13.2 Å². The van der Waals surface area contributed by atoms with Gasteiger partial charge in [-0.2, -0.15) is 5.10 Å². The van der Waals surface area contributed by atoms with E-state index in [0.29, 0.717) is 0 Å². The number of hydrogen-bond donors (Lipinski definition) is 3. The fraction of sp³-hybridized carbons (Fsp3) is 0.500. The SMILES string of the molecule is CS(=O)(=O)NCCNC(=O)c1ncn[nH]1. The van der Waals surface area contributed by atoms with E-state index in [1.807, 2.05) is 0 Å². The summed E-state index contributed by atoms with van der Waals surface area (Å²) in [6.45, 7) is 0.325. The first-order valence-corrected chi connectivity index (χ1v) is 5.96. The lowest BCUT2D eigenvalue weighted by Gasteiger charge is -2.03. The molecular weight excluding hydrogens is 222 g/mol. The third kappa shape index (κ3) is 4.51. The minimum Gasteiger partial charge on any atom is -0.348 e. The fourth-order valence-corrected chi connectivity index (χ4v) is 1.28. The molecule has 0 aliphatic heterocycles. The van der Waals surface area contributed by atoms with E-state index in [1.165, 1.54) is 6.33 Å². The van der Waals surface area contributed by atoms with Crippen molar-refractivity contribution in [2.24, 2.45) is 0 Å². The van der Waals surface area contributed by atoms with Gasteiger partial charge in [0.25, 0.3) is 5.91 Å². The van der Waals surface area contributed by atoms with Gasteiger partial charge in [0.2, 0.25) is 15.8 Å². The Bertz CT molecular complexity index is 412. The van der Waals surface area contributed by atoms with E-state index >= 15 is 0 Å². The Morgan fingerprint density at radius 2 is 2.27 bits per heavy atom. The van der Waals surface area contributed by atoms with Crippen molar-refractivity contribution < 1.29 is 13.2 Å². The molecule has 0 fully saturated rings. The van der Waals surface area contributed by atoms with Gasteiger partial charge >= 0.3 is 0 Å². The van der Waals surface area contributed by atoms with Crippen LogP contribution < -0.4 is 10.0 Å². The number of H-pyrrole nitrogens is 1. The number of amides is 1. The van der Waals surface area contributed by atoms with Crippen LogP contribution >= 0.6 is 0 Å². The third-order valence-electron chi connectivity index (χ3n) is 1.40. The fourth-order valence-electron chi connectivity index (χ4n) is 0.811. The van der Waals surface area contributed by atoms with E-state index in [1.54, 1.807) is 0 Å². The Hall–Kier alpha value is -1.48. The van der Waals surface area contributed by atoms with Gasteiger partial charge in [0.1, 0.15) is 6.33 Å². The summed E-state index contributed by atoms with van der Waals surface area (Å²) in [5.74, 6) is -0.336. The number of nitrogens with zero attached hydrogens (tertiary/aromatic N) is 2. The van der Waals surface area contributed by atoms with Crippen LogP contribution in [0.3, 0.4) is 0 Å². The van der Waals surface area contributed by atoms with E-state index in [0.717, 1.165) is 6.26 Å². The Balaban J connectivity index is 2.24. The number of carbonyl (C=O) groups is 1. The van der Waals surface area contributed by atoms with Crippen molar-refractivity contribution >= 4 is 15.9 Å². The van der Waals surface area contributed by atoms with Crippen LogP contribution in [0.2, 0.25) is 0 Å². The topological polar surface area (TPSA) is 117 Å². The van der Waals surface area contributed by atoms with E-state index < -0.39 is 15.9 Å². The lowest BCUT2D eigenvalue weighted by molar-refractivity contribution is 0.0944. The van der Waals surface area contributed by atoms with Gasteiger partial charge in [0.05, 0.1) is 6.26 Å². The molecule has 0 bridgehead atoms. The first kappa shape index (κ1) is 11.6. The molecule has 3 N–H and O–H groups in total. The highest BCUT2D eigenvalue weighted by Crippen LogP contribution is 1.83. The van der Waals surface area contributed by atoms with Crippen LogP contribution in [0.15, 0.2) is 6.33 Å². The summed E-state index contributed by atoms with van der Waals surface area (Å²) in [6, 6.07) is 0. The summed E-state index contributed by atoms with van der Waals surface area (Å²) in [6.07, 6.45) is 2.26. The molecule has 1 aromatic rings. The number of hydrogen-bond acceptors (Lipinski definition) is 5. The minimum atomic E-state index is -3.21. The van der Waals surface area contributed by atoms with Gasteiger partial charge in [-0.3, -0.25) is 9.89 Å². The summed E-state index contributed by atoms with van der Waals surface area (Å²) in [4.78, 5) is 14.8. The zero-order chi connectivity index (χ0) is 11.3. The van der Waals surface area contributed by atoms with Crippen molar-refractivity contribution in [2.45, 2.75) is 0 Å². The molecule has 0 radical (unpaired) electrons. The average molecular weight is 233 g/mol. The van der Waals surface area contributed by atoms with Crippen LogP contribution in [0.25, 0.3) is 0 Å². The third-order valence-corrected chi connectivity index (χ3v) is 2.13. The zero-order valence-corrected chi connectivity index (χ0v) is 8.84. The molecule has 8 nitrogen and oxygen atoms in total. The number of carbonyl (C=O) groups excluding carboxylic acids is 1. The largest absolute Gasteiger partial charge is 0.348 e. The number of rotatable bonds is 5. The van der Waals surface area contributed by atoms with E-state index in [2.05, 4.69) is 25.2 Å². The van der Waals surface area contributed by atoms with E-state index in [4.69, 9.17) is 0 Å². The maximum atomic E-state index is 11.2. The molecule has 0 aromatic carbocycles. The summed E-state index contributed by atoms with van der Waals surface area (Å²) in [5, 5.41) is 8.34. The molecule has 0 saturated carbocycles. The maximum absolute atomic E-state index is 11.2. The van der Waals surface area contributed by atoms with Crippen molar-refractivity contribution in [2.75, 3.05) is 19.3 Å². The molecule has 0 aliphatic carbocycles. The molecule has 0 saturated heterocycles. The molecule has 0 spiro atoms. The first-order chi connectivity index (χ1) is 6.99. The highest BCUT2D eigenvalue weighted by molar-refractivity contribution is 7.88. The number of nitrogens with one attached hydrogen (secondary N) is 3. The van der Waals surface area contributed by atoms with Gasteiger partial charge in [-0.15, -0.1) is 0 Å². The molecule has 84 valence electrons. The van der Waals surface area contributed by atoms with Gasteiger partial charge in [-0.05, 0) is 0 Å². The van der Waals surface area contributed by atoms with Crippen molar-refractivity contribution in [3.05, 3.63) is 12.2 Å². The van der Waals surface area contributed by atoms with Gasteiger partial charge in [-0.25, -0.2) is 18.1 Å². The Labute approximate surface area is 86.5 Å². The van der Waals surface area contributed by atoms with Crippen LogP contribution in [-0.2, 0) is 10.0 Å². The minimum absolute atomic E-state index is 0.0920. The van der Waals surface area contributed by atoms with Gasteiger partial charge < -0.3 is 5.32 Å². The molecule has 1 aromatic heterocycles. The van der Waals surface area contributed by atoms with Gasteiger partial charge in [-0.1, -0.05) is 0 Å². The van der Waals surface area contributed by atoms with Crippen LogP contribution in [0.4, 0.5) is 0 Å². The molecular formula is C6H11N5O3S. The first-order valence-electron chi connectivity index (χ1n) is 4.07. The summed E-state index contributed by atoms with van der Waals surface area (Å²) < 4.78 is 23.5. The van der Waals surface area contributed by atoms with Gasteiger partial charge in [0.15, 0.2) is 0 Å². The summed E-state index contributed by atoms with van der Waals surface area (Å²) >= 11 is 0. The van der Waals surface area contributed by atoms with Crippen molar-refractivity contribution in [3.63, 3.8) is 0 Å². The summed E-state index contributed by atoms with van der Waals surface area (Å²) in [7, 11) is -3.21. The highest BCUT2D eigenvalue weighted by Gasteiger charge is 2.07. The van der Waals surface area contributed by atoms with Crippen LogP contribution in [-0.4, -0.2) is 48.9 Å². The molecule has 9 heteroatoms. The molecule has 1 rings (SSSR count). The summed E-state index contributed by atoms with van der Waals surface area (Å²) in [5.41, 5.74) is 0. The Morgan fingerprint density at radius 3 is 2.80 bits per heavy atom. The number of sulfonamides is 1. The standard InChI is InChI=1S/C6H11N5O3S/c1-15(13,14)10-3-2-7-6(12)5-8-4-9-11-5/h4,10H,2-3H2,1H3,(H,7,12)(H,8,9,11). The molecule has 1 amide bonds. The predicted octanol–water partition coefficient (Wildman–Crippen LogP) is -1.92. The number of aromatic amines is 1. The second-order valence-corrected chi connectivity index (χ2v) is 4.59. The maximum Gasteiger partial charge on any atom is 0.288 e. The average Bonchev–Trinajstić information content (AvgIpc) is 2.63. The quantitative estimate of drug-likeness (QED) is 0.513. The molecule has 0 atom stereocenters. The second kappa shape index (κ2) is 4.84. The van der Waals surface area contributed by atoms with Crippen molar-refractivity contribution in [1.82, 2.24) is 25.2 Å². The van der Waals surface area contributed by atoms with Crippen LogP contribution in [0.1, 0.15) is 10.6 Å². The molecule has 15 heavy (non-hydrogen) atoms. The molecule has 1 heterocycles. The van der Waals surface area contributed by atoms with Gasteiger partial charge in [0, 0.05) is 13.1 Å². The second-order valence-electron chi connectivity index (χ2n) is 2.76. The molecule has 0 unspecified atom stereocenters. The Morgan fingerprint density at radius 1 is 1.53 bits per heavy atom. The lowest BCUT2D eigenvalue weighted by atomic mass is 10.5. The van der Waals surface area contributed by atoms with E-state index in [-0.39, 0.29) is 18.9 Å².